The molecule has 0 amide bonds. The summed E-state index contributed by atoms with van der Waals surface area (Å²) in [6.45, 7) is 0. The van der Waals surface area contributed by atoms with Crippen molar-refractivity contribution in [3.8, 4) is 5.69 Å². The zero-order chi connectivity index (χ0) is 14.1. The van der Waals surface area contributed by atoms with Crippen LogP contribution >= 0.6 is 0 Å². The largest absolute Gasteiger partial charge is 0.481 e. The molecule has 0 saturated heterocycles. The van der Waals surface area contributed by atoms with Crippen molar-refractivity contribution < 1.29 is 14.3 Å². The van der Waals surface area contributed by atoms with Gasteiger partial charge >= 0.3 is 5.97 Å². The Hall–Kier alpha value is -2.69. The molecule has 1 aromatic heterocycles. The smallest absolute Gasteiger partial charge is 0.309 e. The van der Waals surface area contributed by atoms with Gasteiger partial charge in [-0.1, -0.05) is 18.2 Å². The second-order valence-corrected chi connectivity index (χ2v) is 4.42. The highest BCUT2D eigenvalue weighted by molar-refractivity contribution is 5.86. The number of carboxylic acid groups (broad SMARTS) is 1. The Morgan fingerprint density at radius 1 is 1.15 bits per heavy atom. The Bertz CT molecular complexity index is 778. The topological polar surface area (TPSA) is 55.1 Å². The molecule has 3 rings (SSSR count). The highest BCUT2D eigenvalue weighted by Gasteiger charge is 2.15. The molecule has 20 heavy (non-hydrogen) atoms. The summed E-state index contributed by atoms with van der Waals surface area (Å²) in [4.78, 5) is 11.0. The maximum Gasteiger partial charge on any atom is 0.309 e. The molecule has 1 N–H and O–H groups in total. The van der Waals surface area contributed by atoms with Gasteiger partial charge in [-0.05, 0) is 30.3 Å². The maximum absolute atomic E-state index is 13.0. The first-order chi connectivity index (χ1) is 9.65. The highest BCUT2D eigenvalue weighted by atomic mass is 19.1. The average molecular weight is 270 g/mol. The van der Waals surface area contributed by atoms with Crippen LogP contribution in [0.3, 0.4) is 0 Å². The molecule has 1 heterocycles. The SMILES string of the molecule is O=C(O)Cc1c2ccccc2nn1-c1ccc(F)cc1. The van der Waals surface area contributed by atoms with Crippen molar-refractivity contribution in [3.63, 3.8) is 0 Å². The maximum atomic E-state index is 13.0. The van der Waals surface area contributed by atoms with Gasteiger partial charge in [0.15, 0.2) is 0 Å². The molecular weight excluding hydrogens is 259 g/mol. The summed E-state index contributed by atoms with van der Waals surface area (Å²) in [6, 6.07) is 13.1. The van der Waals surface area contributed by atoms with E-state index in [0.29, 0.717) is 16.9 Å². The Morgan fingerprint density at radius 3 is 2.55 bits per heavy atom. The fraction of sp³-hybridized carbons (Fsp3) is 0.0667. The molecule has 0 aliphatic carbocycles. The quantitative estimate of drug-likeness (QED) is 0.796. The summed E-state index contributed by atoms with van der Waals surface area (Å²) in [5.41, 5.74) is 1.94. The van der Waals surface area contributed by atoms with E-state index in [1.54, 1.807) is 16.8 Å². The lowest BCUT2D eigenvalue weighted by Crippen LogP contribution is -2.08. The molecule has 0 atom stereocenters. The molecule has 100 valence electrons. The van der Waals surface area contributed by atoms with Crippen LogP contribution in [-0.2, 0) is 11.2 Å². The number of aromatic nitrogens is 2. The number of hydrogen-bond donors (Lipinski definition) is 1. The van der Waals surface area contributed by atoms with Gasteiger partial charge in [-0.3, -0.25) is 4.79 Å². The van der Waals surface area contributed by atoms with E-state index in [-0.39, 0.29) is 12.2 Å². The molecule has 0 aliphatic heterocycles. The lowest BCUT2D eigenvalue weighted by Gasteiger charge is -2.06. The minimum atomic E-state index is -0.931. The zero-order valence-corrected chi connectivity index (χ0v) is 10.5. The fourth-order valence-electron chi connectivity index (χ4n) is 2.20. The van der Waals surface area contributed by atoms with Gasteiger partial charge in [0, 0.05) is 5.39 Å². The van der Waals surface area contributed by atoms with Crippen molar-refractivity contribution in [1.29, 1.82) is 0 Å². The number of carboxylic acids is 1. The Balaban J connectivity index is 2.23. The molecule has 0 saturated carbocycles. The number of nitrogens with zero attached hydrogens (tertiary/aromatic N) is 2. The second-order valence-electron chi connectivity index (χ2n) is 4.42. The number of rotatable bonds is 3. The minimum Gasteiger partial charge on any atom is -0.481 e. The van der Waals surface area contributed by atoms with Gasteiger partial charge < -0.3 is 5.11 Å². The van der Waals surface area contributed by atoms with E-state index in [2.05, 4.69) is 5.10 Å². The number of halogens is 1. The van der Waals surface area contributed by atoms with Crippen molar-refractivity contribution in [2.45, 2.75) is 6.42 Å². The van der Waals surface area contributed by atoms with Gasteiger partial charge in [0.1, 0.15) is 5.82 Å². The second kappa shape index (κ2) is 4.77. The van der Waals surface area contributed by atoms with Crippen LogP contribution in [0.1, 0.15) is 5.69 Å². The van der Waals surface area contributed by atoms with E-state index >= 15 is 0 Å². The zero-order valence-electron chi connectivity index (χ0n) is 10.5. The molecule has 0 unspecified atom stereocenters. The number of hydrogen-bond acceptors (Lipinski definition) is 2. The van der Waals surface area contributed by atoms with E-state index in [4.69, 9.17) is 5.11 Å². The lowest BCUT2D eigenvalue weighted by atomic mass is 10.1. The standard InChI is InChI=1S/C15H11FN2O2/c16-10-5-7-11(8-6-10)18-14(9-15(19)20)12-3-1-2-4-13(12)17-18/h1-8H,9H2,(H,19,20). The van der Waals surface area contributed by atoms with Crippen LogP contribution in [0.5, 0.6) is 0 Å². The van der Waals surface area contributed by atoms with Crippen LogP contribution in [0, 0.1) is 5.82 Å². The Labute approximate surface area is 114 Å². The van der Waals surface area contributed by atoms with Crippen molar-refractivity contribution in [3.05, 3.63) is 60.0 Å². The van der Waals surface area contributed by atoms with Gasteiger partial charge in [-0.2, -0.15) is 5.10 Å². The molecule has 0 fully saturated rings. The number of aliphatic carboxylic acids is 1. The monoisotopic (exact) mass is 270 g/mol. The van der Waals surface area contributed by atoms with E-state index in [1.165, 1.54) is 12.1 Å². The number of carbonyl (C=O) groups is 1. The third-order valence-corrected chi connectivity index (χ3v) is 3.07. The summed E-state index contributed by atoms with van der Waals surface area (Å²) in [5, 5.41) is 14.2. The Kier molecular flexibility index (Phi) is 2.95. The number of fused-ring (bicyclic) bond motifs is 1. The molecule has 5 heteroatoms. The number of benzene rings is 2. The predicted octanol–water partition coefficient (Wildman–Crippen LogP) is 2.79. The van der Waals surface area contributed by atoms with E-state index in [9.17, 15) is 9.18 Å². The summed E-state index contributed by atoms with van der Waals surface area (Å²) in [5.74, 6) is -1.27. The van der Waals surface area contributed by atoms with E-state index in [1.807, 2.05) is 24.3 Å². The van der Waals surface area contributed by atoms with Crippen LogP contribution < -0.4 is 0 Å². The summed E-state index contributed by atoms with van der Waals surface area (Å²) < 4.78 is 14.5. The molecule has 3 aromatic rings. The van der Waals surface area contributed by atoms with Gasteiger partial charge in [-0.25, -0.2) is 9.07 Å². The summed E-state index contributed by atoms with van der Waals surface area (Å²) in [6.07, 6.45) is -0.141. The van der Waals surface area contributed by atoms with Crippen molar-refractivity contribution >= 4 is 16.9 Å². The van der Waals surface area contributed by atoms with Crippen LogP contribution in [0.15, 0.2) is 48.5 Å². The van der Waals surface area contributed by atoms with Crippen molar-refractivity contribution in [1.82, 2.24) is 9.78 Å². The molecule has 0 aliphatic rings. The lowest BCUT2D eigenvalue weighted by molar-refractivity contribution is -0.136. The third-order valence-electron chi connectivity index (χ3n) is 3.07. The summed E-state index contributed by atoms with van der Waals surface area (Å²) >= 11 is 0. The first kappa shape index (κ1) is 12.3. The molecular formula is C15H11FN2O2. The molecule has 4 nitrogen and oxygen atoms in total. The van der Waals surface area contributed by atoms with E-state index in [0.717, 1.165) is 5.39 Å². The van der Waals surface area contributed by atoms with Gasteiger partial charge in [0.2, 0.25) is 0 Å². The van der Waals surface area contributed by atoms with E-state index < -0.39 is 5.97 Å². The van der Waals surface area contributed by atoms with Crippen LogP contribution in [0.25, 0.3) is 16.6 Å². The minimum absolute atomic E-state index is 0.141. The molecule has 2 aromatic carbocycles. The van der Waals surface area contributed by atoms with Crippen LogP contribution in [0.2, 0.25) is 0 Å². The van der Waals surface area contributed by atoms with Gasteiger partial charge in [0.25, 0.3) is 0 Å². The fourth-order valence-corrected chi connectivity index (χ4v) is 2.20. The van der Waals surface area contributed by atoms with Crippen LogP contribution in [-0.4, -0.2) is 20.9 Å². The summed E-state index contributed by atoms with van der Waals surface area (Å²) in [7, 11) is 0. The first-order valence-corrected chi connectivity index (χ1v) is 6.09. The van der Waals surface area contributed by atoms with Crippen LogP contribution in [0.4, 0.5) is 4.39 Å². The normalized spacial score (nSPS) is 10.8. The van der Waals surface area contributed by atoms with Gasteiger partial charge in [0.05, 0.1) is 23.3 Å². The molecule has 0 radical (unpaired) electrons. The average Bonchev–Trinajstić information content (AvgIpc) is 2.78. The molecule has 0 spiro atoms. The first-order valence-electron chi connectivity index (χ1n) is 6.09. The third kappa shape index (κ3) is 2.14. The van der Waals surface area contributed by atoms with Gasteiger partial charge in [-0.15, -0.1) is 0 Å². The van der Waals surface area contributed by atoms with Crippen molar-refractivity contribution in [2.24, 2.45) is 0 Å². The predicted molar refractivity (Wildman–Crippen MR) is 72.4 cm³/mol. The Morgan fingerprint density at radius 2 is 1.85 bits per heavy atom. The molecule has 0 bridgehead atoms. The highest BCUT2D eigenvalue weighted by Crippen LogP contribution is 2.22. The van der Waals surface area contributed by atoms with Crippen molar-refractivity contribution in [2.75, 3.05) is 0 Å².